The number of nitrogens with one attached hydrogen (secondary N) is 2. The topological polar surface area (TPSA) is 98.1 Å². The summed E-state index contributed by atoms with van der Waals surface area (Å²) in [6.45, 7) is 8.57. The minimum absolute atomic E-state index is 0.0238. The summed E-state index contributed by atoms with van der Waals surface area (Å²) in [5.41, 5.74) is 2.17. The van der Waals surface area contributed by atoms with E-state index in [-0.39, 0.29) is 31.0 Å². The second-order valence-corrected chi connectivity index (χ2v) is 10.4. The van der Waals surface area contributed by atoms with Crippen LogP contribution in [-0.2, 0) is 23.2 Å². The number of nitrogens with zero attached hydrogens (tertiary/aromatic N) is 3. The Morgan fingerprint density at radius 3 is 2.71 bits per heavy atom. The monoisotopic (exact) mass is 487 g/mol. The molecule has 0 aliphatic heterocycles. The van der Waals surface area contributed by atoms with Crippen LogP contribution in [0, 0.1) is 12.8 Å². The van der Waals surface area contributed by atoms with Gasteiger partial charge < -0.3 is 19.9 Å². The molecular formula is C25H37N5O3S. The number of amides is 2. The van der Waals surface area contributed by atoms with Crippen LogP contribution in [0.3, 0.4) is 0 Å². The second-order valence-electron chi connectivity index (χ2n) is 9.44. The molecule has 34 heavy (non-hydrogen) atoms. The molecule has 3 rings (SSSR count). The van der Waals surface area contributed by atoms with Crippen LogP contribution in [0.1, 0.15) is 69.3 Å². The first-order valence-corrected chi connectivity index (χ1v) is 13.0. The Kier molecular flexibility index (Phi) is 9.38. The zero-order chi connectivity index (χ0) is 24.7. The molecule has 186 valence electrons. The summed E-state index contributed by atoms with van der Waals surface area (Å²) in [7, 11) is 1.84. The van der Waals surface area contributed by atoms with Crippen LogP contribution in [0.5, 0.6) is 5.75 Å². The van der Waals surface area contributed by atoms with E-state index in [9.17, 15) is 9.59 Å². The van der Waals surface area contributed by atoms with Crippen LogP contribution in [0.15, 0.2) is 23.4 Å². The Morgan fingerprint density at radius 2 is 1.97 bits per heavy atom. The van der Waals surface area contributed by atoms with Gasteiger partial charge in [-0.15, -0.1) is 10.2 Å². The molecule has 1 fully saturated rings. The molecule has 2 atom stereocenters. The molecule has 1 aliphatic rings. The number of rotatable bonds is 10. The first-order chi connectivity index (χ1) is 16.2. The lowest BCUT2D eigenvalue weighted by Crippen LogP contribution is -2.41. The van der Waals surface area contributed by atoms with Crippen molar-refractivity contribution < 1.29 is 14.3 Å². The van der Waals surface area contributed by atoms with Gasteiger partial charge >= 0.3 is 0 Å². The number of carbonyl (C=O) groups excluding carboxylic acids is 2. The first-order valence-electron chi connectivity index (χ1n) is 12.0. The fourth-order valence-electron chi connectivity index (χ4n) is 4.15. The van der Waals surface area contributed by atoms with E-state index in [1.807, 2.05) is 32.2 Å². The lowest BCUT2D eigenvalue weighted by molar-refractivity contribution is -0.123. The minimum atomic E-state index is -0.227. The fourth-order valence-corrected chi connectivity index (χ4v) is 4.89. The van der Waals surface area contributed by atoms with Gasteiger partial charge in [0, 0.05) is 13.1 Å². The normalized spacial score (nSPS) is 18.1. The number of carbonyl (C=O) groups is 2. The number of hydrogen-bond donors (Lipinski definition) is 2. The summed E-state index contributed by atoms with van der Waals surface area (Å²) in [6, 6.07) is 6.32. The van der Waals surface area contributed by atoms with Gasteiger partial charge in [-0.05, 0) is 48.8 Å². The molecule has 9 heteroatoms. The maximum atomic E-state index is 12.4. The zero-order valence-corrected chi connectivity index (χ0v) is 21.7. The third-order valence-corrected chi connectivity index (χ3v) is 7.33. The molecular weight excluding hydrogens is 450 g/mol. The second kappa shape index (κ2) is 12.2. The van der Waals surface area contributed by atoms with Crippen molar-refractivity contribution in [3.8, 4) is 5.75 Å². The summed E-state index contributed by atoms with van der Waals surface area (Å²) >= 11 is 1.35. The minimum Gasteiger partial charge on any atom is -0.483 e. The highest BCUT2D eigenvalue weighted by Gasteiger charge is 2.23. The Balaban J connectivity index is 1.44. The molecule has 1 heterocycles. The first kappa shape index (κ1) is 26.1. The van der Waals surface area contributed by atoms with Gasteiger partial charge in [-0.2, -0.15) is 0 Å². The summed E-state index contributed by atoms with van der Waals surface area (Å²) in [4.78, 5) is 24.7. The third-order valence-electron chi connectivity index (χ3n) is 6.31. The largest absolute Gasteiger partial charge is 0.483 e. The number of benzene rings is 1. The summed E-state index contributed by atoms with van der Waals surface area (Å²) in [5.74, 6) is 2.29. The number of aromatic nitrogens is 3. The smallest absolute Gasteiger partial charge is 0.258 e. The van der Waals surface area contributed by atoms with E-state index in [1.54, 1.807) is 4.57 Å². The maximum absolute atomic E-state index is 12.4. The molecule has 1 aromatic heterocycles. The van der Waals surface area contributed by atoms with Gasteiger partial charge in [0.05, 0.1) is 12.3 Å². The maximum Gasteiger partial charge on any atom is 0.258 e. The molecule has 2 N–H and O–H groups in total. The van der Waals surface area contributed by atoms with E-state index in [1.165, 1.54) is 31.0 Å². The third kappa shape index (κ3) is 7.22. The highest BCUT2D eigenvalue weighted by molar-refractivity contribution is 7.99. The van der Waals surface area contributed by atoms with E-state index in [2.05, 4.69) is 41.6 Å². The molecule has 0 bridgehead atoms. The van der Waals surface area contributed by atoms with Gasteiger partial charge in [-0.25, -0.2) is 0 Å². The number of ether oxygens (including phenoxy) is 1. The van der Waals surface area contributed by atoms with E-state index < -0.39 is 0 Å². The van der Waals surface area contributed by atoms with Crippen molar-refractivity contribution in [3.63, 3.8) is 0 Å². The van der Waals surface area contributed by atoms with Crippen molar-refractivity contribution in [2.24, 2.45) is 13.0 Å². The van der Waals surface area contributed by atoms with Gasteiger partial charge in [-0.1, -0.05) is 57.5 Å². The number of hydrogen-bond acceptors (Lipinski definition) is 6. The molecule has 1 saturated carbocycles. The molecule has 2 amide bonds. The van der Waals surface area contributed by atoms with Crippen LogP contribution < -0.4 is 15.4 Å². The van der Waals surface area contributed by atoms with Crippen molar-refractivity contribution in [3.05, 3.63) is 35.2 Å². The SMILES string of the molecule is Cc1ccc(C(C)C)c(OCC(=O)NCc2nnc(SCC(=O)N[C@@H]3CCCC[C@@H]3C)n2C)c1. The lowest BCUT2D eigenvalue weighted by Gasteiger charge is -2.29. The van der Waals surface area contributed by atoms with E-state index in [4.69, 9.17) is 4.74 Å². The molecule has 0 saturated heterocycles. The Bertz CT molecular complexity index is 991. The van der Waals surface area contributed by atoms with Crippen LogP contribution in [0.4, 0.5) is 0 Å². The molecule has 0 unspecified atom stereocenters. The van der Waals surface area contributed by atoms with Gasteiger partial charge in [0.1, 0.15) is 5.75 Å². The average Bonchev–Trinajstić information content (AvgIpc) is 3.15. The molecule has 2 aromatic rings. The average molecular weight is 488 g/mol. The van der Waals surface area contributed by atoms with Crippen LogP contribution in [0.25, 0.3) is 0 Å². The predicted octanol–water partition coefficient (Wildman–Crippen LogP) is 3.73. The Labute approximate surface area is 206 Å². The van der Waals surface area contributed by atoms with E-state index in [0.29, 0.717) is 28.6 Å². The van der Waals surface area contributed by atoms with Gasteiger partial charge in [0.2, 0.25) is 5.91 Å². The highest BCUT2D eigenvalue weighted by atomic mass is 32.2. The Morgan fingerprint density at radius 1 is 1.21 bits per heavy atom. The number of thioether (sulfide) groups is 1. The van der Waals surface area contributed by atoms with Crippen LogP contribution in [-0.4, -0.2) is 45.0 Å². The van der Waals surface area contributed by atoms with Crippen LogP contribution >= 0.6 is 11.8 Å². The summed E-state index contributed by atoms with van der Waals surface area (Å²) in [6.07, 6.45) is 4.65. The van der Waals surface area contributed by atoms with Crippen molar-refractivity contribution in [1.29, 1.82) is 0 Å². The lowest BCUT2D eigenvalue weighted by atomic mass is 9.86. The summed E-state index contributed by atoms with van der Waals surface area (Å²) < 4.78 is 7.60. The molecule has 1 aliphatic carbocycles. The van der Waals surface area contributed by atoms with E-state index >= 15 is 0 Å². The Hall–Kier alpha value is -2.55. The van der Waals surface area contributed by atoms with Gasteiger partial charge in [-0.3, -0.25) is 9.59 Å². The predicted molar refractivity (Wildman–Crippen MR) is 134 cm³/mol. The van der Waals surface area contributed by atoms with Crippen LogP contribution in [0.2, 0.25) is 0 Å². The fraction of sp³-hybridized carbons (Fsp3) is 0.600. The van der Waals surface area contributed by atoms with Crippen molar-refractivity contribution in [1.82, 2.24) is 25.4 Å². The van der Waals surface area contributed by atoms with Crippen molar-refractivity contribution in [2.45, 2.75) is 77.0 Å². The summed E-state index contributed by atoms with van der Waals surface area (Å²) in [5, 5.41) is 15.0. The quantitative estimate of drug-likeness (QED) is 0.496. The molecule has 8 nitrogen and oxygen atoms in total. The van der Waals surface area contributed by atoms with Gasteiger partial charge in [0.25, 0.3) is 5.91 Å². The van der Waals surface area contributed by atoms with Crippen molar-refractivity contribution >= 4 is 23.6 Å². The van der Waals surface area contributed by atoms with Gasteiger partial charge in [0.15, 0.2) is 17.6 Å². The molecule has 1 aromatic carbocycles. The highest BCUT2D eigenvalue weighted by Crippen LogP contribution is 2.27. The molecule has 0 spiro atoms. The number of aryl methyl sites for hydroxylation is 1. The zero-order valence-electron chi connectivity index (χ0n) is 20.9. The standard InChI is InChI=1S/C25H37N5O3S/c1-16(2)19-11-10-17(3)12-21(19)33-14-23(31)26-13-22-28-29-25(30(22)5)34-15-24(32)27-20-9-7-6-8-18(20)4/h10-12,16,18,20H,6-9,13-15H2,1-5H3,(H,26,31)(H,27,32)/t18-,20+/m0/s1. The van der Waals surface area contributed by atoms with E-state index in [0.717, 1.165) is 23.3 Å². The molecule has 0 radical (unpaired) electrons. The van der Waals surface area contributed by atoms with Crippen molar-refractivity contribution in [2.75, 3.05) is 12.4 Å².